The monoisotopic (exact) mass is 405 g/mol. The van der Waals surface area contributed by atoms with E-state index in [0.29, 0.717) is 23.6 Å². The van der Waals surface area contributed by atoms with Crippen molar-refractivity contribution in [2.75, 3.05) is 11.9 Å². The quantitative estimate of drug-likeness (QED) is 0.570. The molecule has 0 saturated heterocycles. The van der Waals surface area contributed by atoms with Crippen LogP contribution in [0.15, 0.2) is 72.8 Å². The van der Waals surface area contributed by atoms with E-state index in [2.05, 4.69) is 12.2 Å². The van der Waals surface area contributed by atoms with E-state index in [9.17, 15) is 9.18 Å². The third-order valence-electron chi connectivity index (χ3n) is 4.78. The van der Waals surface area contributed by atoms with Crippen LogP contribution in [0.5, 0.6) is 5.75 Å². The average Bonchev–Trinajstić information content (AvgIpc) is 2.73. The highest BCUT2D eigenvalue weighted by atomic mass is 19.1. The van der Waals surface area contributed by atoms with Gasteiger partial charge in [0.15, 0.2) is 0 Å². The first kappa shape index (κ1) is 21.5. The van der Waals surface area contributed by atoms with Crippen LogP contribution in [0, 0.1) is 12.7 Å². The molecule has 0 bridgehead atoms. The van der Waals surface area contributed by atoms with Crippen molar-refractivity contribution in [1.29, 1.82) is 0 Å². The van der Waals surface area contributed by atoms with Crippen molar-refractivity contribution in [3.63, 3.8) is 0 Å². The van der Waals surface area contributed by atoms with Crippen LogP contribution in [0.25, 0.3) is 11.1 Å². The Morgan fingerprint density at radius 3 is 2.40 bits per heavy atom. The minimum Gasteiger partial charge on any atom is -0.493 e. The second-order valence-corrected chi connectivity index (χ2v) is 7.71. The van der Waals surface area contributed by atoms with Crippen LogP contribution in [0.3, 0.4) is 0 Å². The molecular weight excluding hydrogens is 379 g/mol. The van der Waals surface area contributed by atoms with Crippen LogP contribution in [0.2, 0.25) is 0 Å². The van der Waals surface area contributed by atoms with Gasteiger partial charge in [0, 0.05) is 17.2 Å². The number of hydrogen-bond donors (Lipinski definition) is 2. The summed E-state index contributed by atoms with van der Waals surface area (Å²) in [6.07, 6.45) is 0. The number of carbonyl (C=O) groups excluding carboxylic acids is 1. The lowest BCUT2D eigenvalue weighted by atomic mass is 9.97. The number of anilines is 1. The molecule has 0 saturated carbocycles. The Morgan fingerprint density at radius 1 is 1.13 bits per heavy atom. The van der Waals surface area contributed by atoms with E-state index in [0.717, 1.165) is 11.1 Å². The van der Waals surface area contributed by atoms with Gasteiger partial charge < -0.3 is 15.8 Å². The summed E-state index contributed by atoms with van der Waals surface area (Å²) in [7, 11) is 0. The molecule has 3 aromatic carbocycles. The van der Waals surface area contributed by atoms with Crippen molar-refractivity contribution in [3.05, 3.63) is 91.1 Å². The predicted octanol–water partition coefficient (Wildman–Crippen LogP) is 5.17. The molecule has 30 heavy (non-hydrogen) atoms. The van der Waals surface area contributed by atoms with Gasteiger partial charge in [-0.1, -0.05) is 49.4 Å². The third-order valence-corrected chi connectivity index (χ3v) is 4.78. The minimum absolute atomic E-state index is 0.00724. The second kappa shape index (κ2) is 9.09. The van der Waals surface area contributed by atoms with Gasteiger partial charge in [-0.2, -0.15) is 0 Å². The molecular formula is C25H26FN2O2. The molecule has 1 radical (unpaired) electrons. The van der Waals surface area contributed by atoms with Crippen molar-refractivity contribution >= 4 is 11.6 Å². The molecule has 0 aromatic heterocycles. The maximum absolute atomic E-state index is 14.6. The summed E-state index contributed by atoms with van der Waals surface area (Å²) >= 11 is 0. The lowest BCUT2D eigenvalue weighted by molar-refractivity contribution is -0.119. The van der Waals surface area contributed by atoms with E-state index in [1.54, 1.807) is 30.3 Å². The van der Waals surface area contributed by atoms with Gasteiger partial charge in [-0.25, -0.2) is 4.39 Å². The average molecular weight is 405 g/mol. The summed E-state index contributed by atoms with van der Waals surface area (Å²) in [5.74, 6) is 0.0490. The summed E-state index contributed by atoms with van der Waals surface area (Å²) < 4.78 is 20.4. The number of amides is 1. The van der Waals surface area contributed by atoms with E-state index < -0.39 is 5.54 Å². The molecule has 3 rings (SSSR count). The van der Waals surface area contributed by atoms with Gasteiger partial charge >= 0.3 is 0 Å². The fourth-order valence-corrected chi connectivity index (χ4v) is 2.92. The SMILES string of the molecule is [CH2][C@@](C)(N)C(=O)Nc1ccc(OCC(C)c2ccc(-c3ccccc3)c(F)c2)cc1. The first-order chi connectivity index (χ1) is 14.2. The second-order valence-electron chi connectivity index (χ2n) is 7.71. The number of ether oxygens (including phenoxy) is 1. The van der Waals surface area contributed by atoms with Crippen LogP contribution in [0.1, 0.15) is 25.3 Å². The highest BCUT2D eigenvalue weighted by molar-refractivity contribution is 5.98. The summed E-state index contributed by atoms with van der Waals surface area (Å²) in [5.41, 5.74) is 7.39. The van der Waals surface area contributed by atoms with Crippen molar-refractivity contribution in [3.8, 4) is 16.9 Å². The Balaban J connectivity index is 1.60. The van der Waals surface area contributed by atoms with Gasteiger partial charge in [0.2, 0.25) is 5.91 Å². The van der Waals surface area contributed by atoms with E-state index in [4.69, 9.17) is 10.5 Å². The van der Waals surface area contributed by atoms with Gasteiger partial charge in [0.25, 0.3) is 0 Å². The van der Waals surface area contributed by atoms with Crippen LogP contribution in [-0.2, 0) is 4.79 Å². The van der Waals surface area contributed by atoms with Crippen molar-refractivity contribution in [1.82, 2.24) is 0 Å². The molecule has 1 unspecified atom stereocenters. The Labute approximate surface area is 176 Å². The zero-order chi connectivity index (χ0) is 21.7. The van der Waals surface area contributed by atoms with Crippen molar-refractivity contribution < 1.29 is 13.9 Å². The first-order valence-electron chi connectivity index (χ1n) is 9.77. The normalized spacial score (nSPS) is 12.3. The van der Waals surface area contributed by atoms with E-state index in [1.807, 2.05) is 49.4 Å². The molecule has 0 aliphatic carbocycles. The Bertz CT molecular complexity index is 996. The van der Waals surface area contributed by atoms with Crippen molar-refractivity contribution in [2.45, 2.75) is 25.3 Å². The molecule has 0 heterocycles. The summed E-state index contributed by atoms with van der Waals surface area (Å²) in [6, 6.07) is 21.8. The Hall–Kier alpha value is -3.18. The standard InChI is InChI=1S/C25H26FN2O2/c1-17(19-9-14-22(23(26)15-19)18-7-5-4-6-8-18)16-30-21-12-10-20(11-13-21)28-24(29)25(2,3)27/h4-15,17H,2,16,27H2,1,3H3,(H,28,29)/t17?,25-/m0/s1. The Morgan fingerprint density at radius 2 is 1.80 bits per heavy atom. The number of halogens is 1. The van der Waals surface area contributed by atoms with E-state index >= 15 is 0 Å². The third kappa shape index (κ3) is 5.45. The highest BCUT2D eigenvalue weighted by Crippen LogP contribution is 2.27. The molecule has 1 amide bonds. The molecule has 2 atom stereocenters. The summed E-state index contributed by atoms with van der Waals surface area (Å²) in [5, 5.41) is 2.70. The van der Waals surface area contributed by atoms with Crippen LogP contribution in [-0.4, -0.2) is 18.1 Å². The molecule has 0 aliphatic heterocycles. The van der Waals surface area contributed by atoms with E-state index in [-0.39, 0.29) is 17.6 Å². The van der Waals surface area contributed by atoms with Gasteiger partial charge in [0.1, 0.15) is 11.6 Å². The van der Waals surface area contributed by atoms with E-state index in [1.165, 1.54) is 6.92 Å². The van der Waals surface area contributed by atoms with Crippen molar-refractivity contribution in [2.24, 2.45) is 5.73 Å². The molecule has 155 valence electrons. The molecule has 0 aliphatic rings. The molecule has 3 aromatic rings. The maximum atomic E-state index is 14.6. The number of benzene rings is 3. The molecule has 0 spiro atoms. The fourth-order valence-electron chi connectivity index (χ4n) is 2.92. The maximum Gasteiger partial charge on any atom is 0.244 e. The van der Waals surface area contributed by atoms with Crippen LogP contribution < -0.4 is 15.8 Å². The number of rotatable bonds is 7. The smallest absolute Gasteiger partial charge is 0.244 e. The zero-order valence-corrected chi connectivity index (χ0v) is 17.2. The number of hydrogen-bond acceptors (Lipinski definition) is 3. The van der Waals surface area contributed by atoms with Gasteiger partial charge in [-0.15, -0.1) is 0 Å². The number of carbonyl (C=O) groups is 1. The topological polar surface area (TPSA) is 64.4 Å². The number of nitrogens with two attached hydrogens (primary N) is 1. The highest BCUT2D eigenvalue weighted by Gasteiger charge is 2.21. The van der Waals surface area contributed by atoms with Gasteiger partial charge in [-0.05, 0) is 55.3 Å². The molecule has 0 fully saturated rings. The molecule has 4 nitrogen and oxygen atoms in total. The predicted molar refractivity (Wildman–Crippen MR) is 119 cm³/mol. The minimum atomic E-state index is -1.20. The molecule has 3 N–H and O–H groups in total. The van der Waals surface area contributed by atoms with Gasteiger partial charge in [-0.3, -0.25) is 4.79 Å². The zero-order valence-electron chi connectivity index (χ0n) is 17.2. The lowest BCUT2D eigenvalue weighted by Gasteiger charge is -2.18. The first-order valence-corrected chi connectivity index (χ1v) is 9.77. The summed E-state index contributed by atoms with van der Waals surface area (Å²) in [4.78, 5) is 11.9. The van der Waals surface area contributed by atoms with Crippen LogP contribution in [0.4, 0.5) is 10.1 Å². The van der Waals surface area contributed by atoms with Crippen LogP contribution >= 0.6 is 0 Å². The number of nitrogens with one attached hydrogen (secondary N) is 1. The summed E-state index contributed by atoms with van der Waals surface area (Å²) in [6.45, 7) is 7.53. The fraction of sp³-hybridized carbons (Fsp3) is 0.200. The largest absolute Gasteiger partial charge is 0.493 e. The Kier molecular flexibility index (Phi) is 6.53. The lowest BCUT2D eigenvalue weighted by Crippen LogP contribution is -2.45. The molecule has 5 heteroatoms. The van der Waals surface area contributed by atoms with Gasteiger partial charge in [0.05, 0.1) is 12.1 Å².